The number of anilines is 1. The minimum Gasteiger partial charge on any atom is -0.495 e. The molecule has 182 valence electrons. The van der Waals surface area contributed by atoms with Gasteiger partial charge in [0.2, 0.25) is 5.91 Å². The smallest absolute Gasteiger partial charge is 0.226 e. The Hall–Kier alpha value is -4.17. The third-order valence-corrected chi connectivity index (χ3v) is 6.63. The first kappa shape index (κ1) is 23.6. The van der Waals surface area contributed by atoms with E-state index in [1.54, 1.807) is 13.3 Å². The fourth-order valence-corrected chi connectivity index (χ4v) is 4.94. The zero-order chi connectivity index (χ0) is 24.9. The molecule has 0 saturated carbocycles. The van der Waals surface area contributed by atoms with E-state index in [0.29, 0.717) is 23.1 Å². The van der Waals surface area contributed by atoms with Crippen LogP contribution in [0.3, 0.4) is 0 Å². The Morgan fingerprint density at radius 1 is 1.03 bits per heavy atom. The van der Waals surface area contributed by atoms with Gasteiger partial charge in [0, 0.05) is 36.7 Å². The summed E-state index contributed by atoms with van der Waals surface area (Å²) in [6.07, 6.45) is 4.10. The zero-order valence-corrected chi connectivity index (χ0v) is 20.7. The van der Waals surface area contributed by atoms with Crippen molar-refractivity contribution in [3.05, 3.63) is 109 Å². The lowest BCUT2D eigenvalue weighted by Gasteiger charge is -2.29. The highest BCUT2D eigenvalue weighted by molar-refractivity contribution is 7.80. The van der Waals surface area contributed by atoms with Crippen LogP contribution in [0.1, 0.15) is 29.9 Å². The molecule has 1 aliphatic heterocycles. The second-order valence-electron chi connectivity index (χ2n) is 8.46. The van der Waals surface area contributed by atoms with Crippen LogP contribution >= 0.6 is 12.2 Å². The SMILES string of the molecule is COc1ccccc1NC(=O)CCN1C(=S)N[C@H](c2ccccn2)[C@@H]1c1cccn1-c1ccccc1. The van der Waals surface area contributed by atoms with Crippen molar-refractivity contribution in [3.63, 3.8) is 0 Å². The number of hydrogen-bond acceptors (Lipinski definition) is 4. The van der Waals surface area contributed by atoms with E-state index in [9.17, 15) is 4.79 Å². The highest BCUT2D eigenvalue weighted by Crippen LogP contribution is 2.39. The van der Waals surface area contributed by atoms with Gasteiger partial charge in [-0.25, -0.2) is 0 Å². The number of para-hydroxylation sites is 3. The number of nitrogens with zero attached hydrogens (tertiary/aromatic N) is 3. The molecule has 2 atom stereocenters. The van der Waals surface area contributed by atoms with Crippen LogP contribution in [-0.2, 0) is 4.79 Å². The summed E-state index contributed by atoms with van der Waals surface area (Å²) in [6.45, 7) is 0.445. The summed E-state index contributed by atoms with van der Waals surface area (Å²) < 4.78 is 7.52. The first-order valence-corrected chi connectivity index (χ1v) is 12.2. The van der Waals surface area contributed by atoms with E-state index in [1.807, 2.05) is 72.9 Å². The number of benzene rings is 2. The second-order valence-corrected chi connectivity index (χ2v) is 8.84. The summed E-state index contributed by atoms with van der Waals surface area (Å²) >= 11 is 5.78. The first-order chi connectivity index (χ1) is 17.7. The van der Waals surface area contributed by atoms with Crippen molar-refractivity contribution in [1.82, 2.24) is 19.8 Å². The molecule has 1 fully saturated rings. The topological polar surface area (TPSA) is 71.4 Å². The molecule has 1 amide bonds. The Morgan fingerprint density at radius 2 is 1.81 bits per heavy atom. The molecule has 2 aromatic carbocycles. The molecule has 3 heterocycles. The van der Waals surface area contributed by atoms with Gasteiger partial charge in [-0.3, -0.25) is 9.78 Å². The van der Waals surface area contributed by atoms with Crippen LogP contribution in [0, 0.1) is 0 Å². The van der Waals surface area contributed by atoms with Gasteiger partial charge in [-0.2, -0.15) is 0 Å². The maximum atomic E-state index is 12.9. The van der Waals surface area contributed by atoms with Crippen LogP contribution in [0.2, 0.25) is 0 Å². The Kier molecular flexibility index (Phi) is 6.95. The lowest BCUT2D eigenvalue weighted by atomic mass is 10.0. The van der Waals surface area contributed by atoms with Crippen LogP contribution < -0.4 is 15.4 Å². The van der Waals surface area contributed by atoms with Gasteiger partial charge in [-0.15, -0.1) is 0 Å². The predicted molar refractivity (Wildman–Crippen MR) is 144 cm³/mol. The molecule has 0 aliphatic carbocycles. The van der Waals surface area contributed by atoms with Crippen molar-refractivity contribution in [3.8, 4) is 11.4 Å². The molecule has 2 aromatic heterocycles. The Morgan fingerprint density at radius 3 is 2.58 bits per heavy atom. The molecule has 0 bridgehead atoms. The molecule has 1 aliphatic rings. The number of rotatable bonds is 8. The van der Waals surface area contributed by atoms with Crippen molar-refractivity contribution in [2.75, 3.05) is 19.0 Å². The third kappa shape index (κ3) is 4.81. The standard InChI is InChI=1S/C28H27N5O2S/c1-35-24-15-6-5-12-21(24)30-25(34)16-19-33-27(26(31-28(33)36)22-13-7-8-17-29-22)23-14-9-18-32(23)20-10-3-2-4-11-20/h2-15,17-18,26-27H,16,19H2,1H3,(H,30,34)(H,31,36)/t26-,27+/m1/s1. The van der Waals surface area contributed by atoms with Crippen LogP contribution in [0.25, 0.3) is 5.69 Å². The minimum absolute atomic E-state index is 0.110. The number of pyridine rings is 1. The van der Waals surface area contributed by atoms with Crippen LogP contribution in [-0.4, -0.2) is 39.1 Å². The molecule has 2 N–H and O–H groups in total. The maximum absolute atomic E-state index is 12.9. The number of hydrogen-bond donors (Lipinski definition) is 2. The molecule has 0 radical (unpaired) electrons. The average molecular weight is 498 g/mol. The van der Waals surface area contributed by atoms with Gasteiger partial charge in [0.15, 0.2) is 5.11 Å². The molecule has 5 rings (SSSR count). The number of methoxy groups -OCH3 is 1. The van der Waals surface area contributed by atoms with Gasteiger partial charge in [0.25, 0.3) is 0 Å². The average Bonchev–Trinajstić information content (AvgIpc) is 3.53. The fraction of sp³-hybridized carbons (Fsp3) is 0.179. The molecule has 1 saturated heterocycles. The summed E-state index contributed by atoms with van der Waals surface area (Å²) in [4.78, 5) is 19.6. The van der Waals surface area contributed by atoms with Crippen molar-refractivity contribution in [2.45, 2.75) is 18.5 Å². The normalized spacial score (nSPS) is 17.0. The molecular weight excluding hydrogens is 470 g/mol. The molecule has 7 nitrogen and oxygen atoms in total. The molecule has 0 spiro atoms. The third-order valence-electron chi connectivity index (χ3n) is 6.28. The van der Waals surface area contributed by atoms with Gasteiger partial charge < -0.3 is 24.8 Å². The number of carbonyl (C=O) groups is 1. The fourth-order valence-electron chi connectivity index (χ4n) is 4.61. The van der Waals surface area contributed by atoms with Crippen LogP contribution in [0.5, 0.6) is 5.75 Å². The Bertz CT molecular complexity index is 1340. The van der Waals surface area contributed by atoms with E-state index in [1.165, 1.54) is 0 Å². The number of amides is 1. The Balaban J connectivity index is 1.43. The summed E-state index contributed by atoms with van der Waals surface area (Å²) in [5, 5.41) is 7.02. The van der Waals surface area contributed by atoms with E-state index < -0.39 is 0 Å². The van der Waals surface area contributed by atoms with E-state index in [0.717, 1.165) is 17.1 Å². The molecule has 4 aromatic rings. The lowest BCUT2D eigenvalue weighted by Crippen LogP contribution is -2.33. The summed E-state index contributed by atoms with van der Waals surface area (Å²) in [6, 6.07) is 27.3. The van der Waals surface area contributed by atoms with Crippen molar-refractivity contribution in [1.29, 1.82) is 0 Å². The molecule has 8 heteroatoms. The number of aromatic nitrogens is 2. The van der Waals surface area contributed by atoms with Crippen molar-refractivity contribution < 1.29 is 9.53 Å². The number of carbonyl (C=O) groups excluding carboxylic acids is 1. The largest absolute Gasteiger partial charge is 0.495 e. The van der Waals surface area contributed by atoms with Crippen LogP contribution in [0.15, 0.2) is 97.3 Å². The van der Waals surface area contributed by atoms with E-state index >= 15 is 0 Å². The number of thiocarbonyl (C=S) groups is 1. The number of nitrogens with one attached hydrogen (secondary N) is 2. The maximum Gasteiger partial charge on any atom is 0.226 e. The summed E-state index contributed by atoms with van der Waals surface area (Å²) in [5.74, 6) is 0.513. The van der Waals surface area contributed by atoms with Crippen molar-refractivity contribution >= 4 is 28.9 Å². The van der Waals surface area contributed by atoms with Gasteiger partial charge in [-0.05, 0) is 60.7 Å². The highest BCUT2D eigenvalue weighted by Gasteiger charge is 2.41. The van der Waals surface area contributed by atoms with E-state index in [-0.39, 0.29) is 24.4 Å². The minimum atomic E-state index is -0.159. The lowest BCUT2D eigenvalue weighted by molar-refractivity contribution is -0.116. The predicted octanol–water partition coefficient (Wildman–Crippen LogP) is 4.88. The van der Waals surface area contributed by atoms with Crippen molar-refractivity contribution in [2.24, 2.45) is 0 Å². The monoisotopic (exact) mass is 497 g/mol. The zero-order valence-electron chi connectivity index (χ0n) is 19.9. The highest BCUT2D eigenvalue weighted by atomic mass is 32.1. The van der Waals surface area contributed by atoms with Crippen LogP contribution in [0.4, 0.5) is 5.69 Å². The summed E-state index contributed by atoms with van der Waals surface area (Å²) in [7, 11) is 1.59. The van der Waals surface area contributed by atoms with Gasteiger partial charge >= 0.3 is 0 Å². The van der Waals surface area contributed by atoms with Gasteiger partial charge in [0.1, 0.15) is 5.75 Å². The molecule has 0 unspecified atom stereocenters. The van der Waals surface area contributed by atoms with Gasteiger partial charge in [0.05, 0.1) is 30.6 Å². The van der Waals surface area contributed by atoms with E-state index in [2.05, 4.69) is 43.3 Å². The van der Waals surface area contributed by atoms with E-state index in [4.69, 9.17) is 17.0 Å². The second kappa shape index (κ2) is 10.6. The quantitative estimate of drug-likeness (QED) is 0.338. The summed E-state index contributed by atoms with van der Waals surface area (Å²) in [5.41, 5.74) is 3.66. The molecular formula is C28H27N5O2S. The number of ether oxygens (including phenoxy) is 1. The Labute approximate surface area is 215 Å². The molecule has 36 heavy (non-hydrogen) atoms. The van der Waals surface area contributed by atoms with Gasteiger partial charge in [-0.1, -0.05) is 36.4 Å². The first-order valence-electron chi connectivity index (χ1n) is 11.8.